The van der Waals surface area contributed by atoms with E-state index in [0.29, 0.717) is 5.56 Å². The number of aliphatic hydroxyl groups excluding tert-OH is 1. The Morgan fingerprint density at radius 3 is 3.00 bits per heavy atom. The molecule has 0 spiro atoms. The van der Waals surface area contributed by atoms with Gasteiger partial charge in [-0.05, 0) is 6.07 Å². The molecule has 2 rings (SSSR count). The molecule has 0 aliphatic rings. The van der Waals surface area contributed by atoms with E-state index < -0.39 is 5.97 Å². The third-order valence-electron chi connectivity index (χ3n) is 2.13. The van der Waals surface area contributed by atoms with Gasteiger partial charge in [0, 0.05) is 17.1 Å². The van der Waals surface area contributed by atoms with Crippen LogP contribution in [-0.4, -0.2) is 29.3 Å². The van der Waals surface area contributed by atoms with Crippen LogP contribution in [0.2, 0.25) is 0 Å². The lowest BCUT2D eigenvalue weighted by Crippen LogP contribution is -2.08. The molecule has 0 amide bonds. The molecule has 0 radical (unpaired) electrons. The number of aromatic amines is 1. The summed E-state index contributed by atoms with van der Waals surface area (Å²) in [5.41, 5.74) is 1.40. The van der Waals surface area contributed by atoms with Gasteiger partial charge < -0.3 is 14.8 Å². The molecule has 1 heterocycles. The van der Waals surface area contributed by atoms with Gasteiger partial charge in [-0.1, -0.05) is 18.2 Å². The predicted molar refractivity (Wildman–Crippen MR) is 55.7 cm³/mol. The van der Waals surface area contributed by atoms with Crippen molar-refractivity contribution in [2.75, 3.05) is 13.2 Å². The van der Waals surface area contributed by atoms with E-state index >= 15 is 0 Å². The lowest BCUT2D eigenvalue weighted by Gasteiger charge is -2.00. The fourth-order valence-corrected chi connectivity index (χ4v) is 1.46. The summed E-state index contributed by atoms with van der Waals surface area (Å²) in [7, 11) is 0. The Morgan fingerprint density at radius 2 is 2.20 bits per heavy atom. The molecule has 0 bridgehead atoms. The van der Waals surface area contributed by atoms with E-state index in [1.807, 2.05) is 24.3 Å². The van der Waals surface area contributed by atoms with Crippen molar-refractivity contribution in [3.8, 4) is 0 Å². The molecule has 0 aliphatic heterocycles. The molecule has 2 aromatic rings. The van der Waals surface area contributed by atoms with Gasteiger partial charge in [-0.3, -0.25) is 0 Å². The lowest BCUT2D eigenvalue weighted by atomic mass is 10.2. The van der Waals surface area contributed by atoms with Crippen LogP contribution in [0.25, 0.3) is 10.9 Å². The van der Waals surface area contributed by atoms with Crippen molar-refractivity contribution < 1.29 is 14.6 Å². The lowest BCUT2D eigenvalue weighted by molar-refractivity contribution is 0.0436. The molecule has 15 heavy (non-hydrogen) atoms. The van der Waals surface area contributed by atoms with Gasteiger partial charge in [0.25, 0.3) is 0 Å². The molecule has 0 aliphatic carbocycles. The highest BCUT2D eigenvalue weighted by Crippen LogP contribution is 2.18. The van der Waals surface area contributed by atoms with Gasteiger partial charge in [0.05, 0.1) is 12.2 Å². The van der Waals surface area contributed by atoms with Gasteiger partial charge in [-0.25, -0.2) is 4.79 Å². The third kappa shape index (κ3) is 1.85. The number of aromatic nitrogens is 1. The second kappa shape index (κ2) is 4.14. The van der Waals surface area contributed by atoms with Crippen molar-refractivity contribution in [3.05, 3.63) is 36.0 Å². The van der Waals surface area contributed by atoms with E-state index in [4.69, 9.17) is 9.84 Å². The number of hydrogen-bond donors (Lipinski definition) is 2. The van der Waals surface area contributed by atoms with Gasteiger partial charge in [0.1, 0.15) is 6.61 Å². The number of aliphatic hydroxyl groups is 1. The third-order valence-corrected chi connectivity index (χ3v) is 2.13. The summed E-state index contributed by atoms with van der Waals surface area (Å²) in [5, 5.41) is 9.37. The van der Waals surface area contributed by atoms with Crippen molar-refractivity contribution in [2.24, 2.45) is 0 Å². The van der Waals surface area contributed by atoms with Crippen molar-refractivity contribution in [2.45, 2.75) is 0 Å². The van der Waals surface area contributed by atoms with Crippen molar-refractivity contribution in [3.63, 3.8) is 0 Å². The second-order valence-corrected chi connectivity index (χ2v) is 3.11. The summed E-state index contributed by atoms with van der Waals surface area (Å²) < 4.78 is 4.83. The second-order valence-electron chi connectivity index (χ2n) is 3.11. The zero-order valence-electron chi connectivity index (χ0n) is 8.06. The zero-order chi connectivity index (χ0) is 10.7. The Kier molecular flexibility index (Phi) is 2.69. The average Bonchev–Trinajstić information content (AvgIpc) is 2.69. The summed E-state index contributed by atoms with van der Waals surface area (Å²) >= 11 is 0. The molecular formula is C11H11NO3. The maximum atomic E-state index is 11.5. The Morgan fingerprint density at radius 1 is 1.40 bits per heavy atom. The largest absolute Gasteiger partial charge is 0.460 e. The molecule has 1 aromatic heterocycles. The first-order valence-electron chi connectivity index (χ1n) is 4.67. The van der Waals surface area contributed by atoms with Crippen molar-refractivity contribution in [1.29, 1.82) is 0 Å². The van der Waals surface area contributed by atoms with Gasteiger partial charge in [-0.15, -0.1) is 0 Å². The Bertz CT molecular complexity index is 475. The number of H-pyrrole nitrogens is 1. The number of carbonyl (C=O) groups is 1. The Hall–Kier alpha value is -1.81. The van der Waals surface area contributed by atoms with Crippen molar-refractivity contribution >= 4 is 16.9 Å². The number of nitrogens with one attached hydrogen (secondary N) is 1. The van der Waals surface area contributed by atoms with Gasteiger partial charge in [0.2, 0.25) is 0 Å². The smallest absolute Gasteiger partial charge is 0.340 e. The molecule has 0 fully saturated rings. The SMILES string of the molecule is O=C(OCCO)c1c[nH]c2ccccc12. The quantitative estimate of drug-likeness (QED) is 0.743. The van der Waals surface area contributed by atoms with Crippen LogP contribution in [0.1, 0.15) is 10.4 Å². The van der Waals surface area contributed by atoms with Gasteiger partial charge in [0.15, 0.2) is 0 Å². The maximum Gasteiger partial charge on any atom is 0.340 e. The molecule has 4 nitrogen and oxygen atoms in total. The number of ether oxygens (including phenoxy) is 1. The molecule has 78 valence electrons. The summed E-state index contributed by atoms with van der Waals surface area (Å²) in [6, 6.07) is 7.49. The number of benzene rings is 1. The number of rotatable bonds is 3. The first kappa shape index (κ1) is 9.73. The highest BCUT2D eigenvalue weighted by molar-refractivity contribution is 6.03. The summed E-state index contributed by atoms with van der Waals surface area (Å²) in [6.45, 7) is -0.133. The average molecular weight is 205 g/mol. The fraction of sp³-hybridized carbons (Fsp3) is 0.182. The molecule has 4 heteroatoms. The number of fused-ring (bicyclic) bond motifs is 1. The first-order chi connectivity index (χ1) is 7.33. The minimum atomic E-state index is -0.415. The van der Waals surface area contributed by atoms with Crippen LogP contribution < -0.4 is 0 Å². The molecule has 0 atom stereocenters. The van der Waals surface area contributed by atoms with E-state index in [1.165, 1.54) is 0 Å². The predicted octanol–water partition coefficient (Wildman–Crippen LogP) is 1.32. The molecule has 0 saturated carbocycles. The topological polar surface area (TPSA) is 62.3 Å². The Labute approximate surface area is 86.5 Å². The molecular weight excluding hydrogens is 194 g/mol. The summed E-state index contributed by atoms with van der Waals surface area (Å²) in [6.07, 6.45) is 1.62. The van der Waals surface area contributed by atoms with E-state index in [2.05, 4.69) is 4.98 Å². The number of esters is 1. The van der Waals surface area contributed by atoms with Crippen molar-refractivity contribution in [1.82, 2.24) is 4.98 Å². The highest BCUT2D eigenvalue weighted by Gasteiger charge is 2.12. The Balaban J connectivity index is 2.31. The normalized spacial score (nSPS) is 10.5. The zero-order valence-corrected chi connectivity index (χ0v) is 8.06. The highest BCUT2D eigenvalue weighted by atomic mass is 16.5. The molecule has 2 N–H and O–H groups in total. The van der Waals surface area contributed by atoms with Crippen LogP contribution >= 0.6 is 0 Å². The van der Waals surface area contributed by atoms with Crippen LogP contribution in [0.3, 0.4) is 0 Å². The number of para-hydroxylation sites is 1. The van der Waals surface area contributed by atoms with Gasteiger partial charge in [-0.2, -0.15) is 0 Å². The summed E-state index contributed by atoms with van der Waals surface area (Å²) in [4.78, 5) is 14.5. The number of hydrogen-bond acceptors (Lipinski definition) is 3. The van der Waals surface area contributed by atoms with E-state index in [9.17, 15) is 4.79 Å². The maximum absolute atomic E-state index is 11.5. The fourth-order valence-electron chi connectivity index (χ4n) is 1.46. The number of carbonyl (C=O) groups excluding carboxylic acids is 1. The van der Waals surface area contributed by atoms with E-state index in [-0.39, 0.29) is 13.2 Å². The van der Waals surface area contributed by atoms with Crippen LogP contribution in [0.4, 0.5) is 0 Å². The molecule has 0 saturated heterocycles. The minimum Gasteiger partial charge on any atom is -0.460 e. The van der Waals surface area contributed by atoms with E-state index in [0.717, 1.165) is 10.9 Å². The van der Waals surface area contributed by atoms with E-state index in [1.54, 1.807) is 6.20 Å². The molecule has 0 unspecified atom stereocenters. The van der Waals surface area contributed by atoms with Crippen LogP contribution in [0.5, 0.6) is 0 Å². The molecule has 1 aromatic carbocycles. The standard InChI is InChI=1S/C11H11NO3/c13-5-6-15-11(14)9-7-12-10-4-2-1-3-8(9)10/h1-4,7,12-13H,5-6H2. The first-order valence-corrected chi connectivity index (χ1v) is 4.67. The minimum absolute atomic E-state index is 0.0261. The monoisotopic (exact) mass is 205 g/mol. The van der Waals surface area contributed by atoms with Gasteiger partial charge >= 0.3 is 5.97 Å². The van der Waals surface area contributed by atoms with Crippen LogP contribution in [0, 0.1) is 0 Å². The van der Waals surface area contributed by atoms with Crippen LogP contribution in [-0.2, 0) is 4.74 Å². The van der Waals surface area contributed by atoms with Crippen LogP contribution in [0.15, 0.2) is 30.5 Å². The summed E-state index contributed by atoms with van der Waals surface area (Å²) in [5.74, 6) is -0.415.